The van der Waals surface area contributed by atoms with E-state index in [0.29, 0.717) is 46.0 Å². The lowest BCUT2D eigenvalue weighted by Gasteiger charge is -2.15. The minimum absolute atomic E-state index is 0.0963. The van der Waals surface area contributed by atoms with Gasteiger partial charge in [-0.15, -0.1) is 0 Å². The highest BCUT2D eigenvalue weighted by molar-refractivity contribution is 14.1. The molecule has 0 aliphatic carbocycles. The molecule has 3 aromatic rings. The van der Waals surface area contributed by atoms with E-state index in [9.17, 15) is 10.1 Å². The van der Waals surface area contributed by atoms with Gasteiger partial charge in [-0.2, -0.15) is 5.26 Å². The summed E-state index contributed by atoms with van der Waals surface area (Å²) < 4.78 is 12.8. The Labute approximate surface area is 216 Å². The number of ether oxygens (including phenoxy) is 2. The minimum atomic E-state index is -0.562. The Morgan fingerprint density at radius 3 is 2.55 bits per heavy atom. The molecule has 0 radical (unpaired) electrons. The van der Waals surface area contributed by atoms with Crippen LogP contribution in [0.25, 0.3) is 6.08 Å². The SMILES string of the molecule is CCOc1cc(/C=C(\C#N)C(=O)Nc2cccc(Cl)c2)cc(Cl)c1OCc1ccc(I)cc1. The number of benzene rings is 3. The predicted molar refractivity (Wildman–Crippen MR) is 140 cm³/mol. The third-order valence-corrected chi connectivity index (χ3v) is 5.62. The van der Waals surface area contributed by atoms with Crippen LogP contribution >= 0.6 is 45.8 Å². The van der Waals surface area contributed by atoms with Crippen LogP contribution in [0.1, 0.15) is 18.1 Å². The second-order valence-electron chi connectivity index (χ2n) is 6.81. The van der Waals surface area contributed by atoms with Crippen molar-refractivity contribution in [2.45, 2.75) is 13.5 Å². The molecule has 1 N–H and O–H groups in total. The van der Waals surface area contributed by atoms with Crippen LogP contribution in [0.4, 0.5) is 5.69 Å². The van der Waals surface area contributed by atoms with Crippen LogP contribution in [0.2, 0.25) is 10.0 Å². The first kappa shape index (κ1) is 24.9. The quantitative estimate of drug-likeness (QED) is 0.172. The number of carbonyl (C=O) groups excluding carboxylic acids is 1. The number of anilines is 1. The van der Waals surface area contributed by atoms with E-state index < -0.39 is 5.91 Å². The van der Waals surface area contributed by atoms with Crippen molar-refractivity contribution in [3.05, 3.63) is 91.0 Å². The number of amides is 1. The van der Waals surface area contributed by atoms with Crippen LogP contribution in [0, 0.1) is 14.9 Å². The first-order chi connectivity index (χ1) is 15.9. The molecule has 0 aliphatic heterocycles. The van der Waals surface area contributed by atoms with Gasteiger partial charge in [0.2, 0.25) is 0 Å². The van der Waals surface area contributed by atoms with Gasteiger partial charge in [-0.05, 0) is 89.2 Å². The van der Waals surface area contributed by atoms with Crippen LogP contribution < -0.4 is 14.8 Å². The van der Waals surface area contributed by atoms with Gasteiger partial charge in [-0.3, -0.25) is 4.79 Å². The van der Waals surface area contributed by atoms with Crippen LogP contribution in [0.3, 0.4) is 0 Å². The van der Waals surface area contributed by atoms with Gasteiger partial charge in [0.25, 0.3) is 5.91 Å². The van der Waals surface area contributed by atoms with E-state index in [0.717, 1.165) is 9.13 Å². The summed E-state index contributed by atoms with van der Waals surface area (Å²) in [7, 11) is 0. The number of hydrogen-bond donors (Lipinski definition) is 1. The van der Waals surface area contributed by atoms with Crippen molar-refractivity contribution in [1.82, 2.24) is 0 Å². The molecule has 0 saturated heterocycles. The third kappa shape index (κ3) is 7.13. The third-order valence-electron chi connectivity index (χ3n) is 4.39. The van der Waals surface area contributed by atoms with Crippen molar-refractivity contribution in [2.24, 2.45) is 0 Å². The average Bonchev–Trinajstić information content (AvgIpc) is 2.78. The number of nitrogens with zero attached hydrogens (tertiary/aromatic N) is 1. The molecular formula is C25H19Cl2IN2O3. The van der Waals surface area contributed by atoms with E-state index in [4.69, 9.17) is 32.7 Å². The Morgan fingerprint density at radius 2 is 1.88 bits per heavy atom. The lowest BCUT2D eigenvalue weighted by molar-refractivity contribution is -0.112. The highest BCUT2D eigenvalue weighted by Crippen LogP contribution is 2.38. The molecule has 168 valence electrons. The largest absolute Gasteiger partial charge is 0.490 e. The van der Waals surface area contributed by atoms with E-state index in [2.05, 4.69) is 27.9 Å². The molecule has 3 rings (SSSR count). The zero-order chi connectivity index (χ0) is 23.8. The van der Waals surface area contributed by atoms with E-state index in [1.165, 1.54) is 6.08 Å². The smallest absolute Gasteiger partial charge is 0.266 e. The zero-order valence-electron chi connectivity index (χ0n) is 17.6. The highest BCUT2D eigenvalue weighted by Gasteiger charge is 2.15. The van der Waals surface area contributed by atoms with Crippen LogP contribution in [-0.4, -0.2) is 12.5 Å². The molecule has 0 bridgehead atoms. The van der Waals surface area contributed by atoms with Crippen LogP contribution in [-0.2, 0) is 11.4 Å². The number of rotatable bonds is 8. The van der Waals surface area contributed by atoms with Gasteiger partial charge in [-0.25, -0.2) is 0 Å². The normalized spacial score (nSPS) is 10.9. The molecule has 1 amide bonds. The summed E-state index contributed by atoms with van der Waals surface area (Å²) in [6.45, 7) is 2.56. The summed E-state index contributed by atoms with van der Waals surface area (Å²) in [5.41, 5.74) is 1.91. The molecule has 33 heavy (non-hydrogen) atoms. The maximum absolute atomic E-state index is 12.6. The highest BCUT2D eigenvalue weighted by atomic mass is 127. The molecule has 0 aromatic heterocycles. The molecule has 0 unspecified atom stereocenters. The zero-order valence-corrected chi connectivity index (χ0v) is 21.2. The van der Waals surface area contributed by atoms with Crippen molar-refractivity contribution < 1.29 is 14.3 Å². The van der Waals surface area contributed by atoms with Gasteiger partial charge in [0.05, 0.1) is 11.6 Å². The Morgan fingerprint density at radius 1 is 1.12 bits per heavy atom. The van der Waals surface area contributed by atoms with Gasteiger partial charge < -0.3 is 14.8 Å². The topological polar surface area (TPSA) is 71.3 Å². The molecule has 5 nitrogen and oxygen atoms in total. The lowest BCUT2D eigenvalue weighted by atomic mass is 10.1. The maximum Gasteiger partial charge on any atom is 0.266 e. The summed E-state index contributed by atoms with van der Waals surface area (Å²) in [5.74, 6) is 0.262. The van der Waals surface area contributed by atoms with E-state index in [1.54, 1.807) is 36.4 Å². The molecule has 0 fully saturated rings. The van der Waals surface area contributed by atoms with Gasteiger partial charge in [-0.1, -0.05) is 41.4 Å². The average molecular weight is 593 g/mol. The van der Waals surface area contributed by atoms with Crippen molar-refractivity contribution in [3.63, 3.8) is 0 Å². The van der Waals surface area contributed by atoms with Gasteiger partial charge in [0, 0.05) is 14.3 Å². The molecule has 0 spiro atoms. The fourth-order valence-corrected chi connectivity index (χ4v) is 3.71. The van der Waals surface area contributed by atoms with E-state index in [1.807, 2.05) is 37.3 Å². The fraction of sp³-hybridized carbons (Fsp3) is 0.120. The van der Waals surface area contributed by atoms with Gasteiger partial charge in [0.1, 0.15) is 18.2 Å². The minimum Gasteiger partial charge on any atom is -0.490 e. The van der Waals surface area contributed by atoms with E-state index >= 15 is 0 Å². The Balaban J connectivity index is 1.84. The monoisotopic (exact) mass is 592 g/mol. The molecule has 0 atom stereocenters. The van der Waals surface area contributed by atoms with E-state index in [-0.39, 0.29) is 5.57 Å². The summed E-state index contributed by atoms with van der Waals surface area (Å²) in [4.78, 5) is 12.6. The lowest BCUT2D eigenvalue weighted by Crippen LogP contribution is -2.13. The Hall–Kier alpha value is -2.73. The first-order valence-corrected chi connectivity index (χ1v) is 11.8. The van der Waals surface area contributed by atoms with Crippen LogP contribution in [0.5, 0.6) is 11.5 Å². The summed E-state index contributed by atoms with van der Waals surface area (Å²) in [5, 5.41) is 13.0. The standard InChI is InChI=1S/C25H19Cl2IN2O3/c1-2-32-23-12-17(10-18(14-29)25(31)30-21-5-3-4-19(26)13-21)11-22(27)24(23)33-15-16-6-8-20(28)9-7-16/h3-13H,2,15H2,1H3,(H,30,31)/b18-10+. The van der Waals surface area contributed by atoms with Crippen molar-refractivity contribution in [3.8, 4) is 17.6 Å². The molecule has 8 heteroatoms. The number of carbonyl (C=O) groups is 1. The second-order valence-corrected chi connectivity index (χ2v) is 8.90. The molecule has 0 aliphatic rings. The number of nitrogens with one attached hydrogen (secondary N) is 1. The van der Waals surface area contributed by atoms with Crippen LogP contribution in [0.15, 0.2) is 66.2 Å². The number of hydrogen-bond acceptors (Lipinski definition) is 4. The van der Waals surface area contributed by atoms with Crippen molar-refractivity contribution in [1.29, 1.82) is 5.26 Å². The summed E-state index contributed by atoms with van der Waals surface area (Å²) >= 11 is 14.7. The molecular weight excluding hydrogens is 574 g/mol. The maximum atomic E-state index is 12.6. The predicted octanol–water partition coefficient (Wildman–Crippen LogP) is 7.12. The van der Waals surface area contributed by atoms with Crippen molar-refractivity contribution >= 4 is 63.5 Å². The van der Waals surface area contributed by atoms with Gasteiger partial charge >= 0.3 is 0 Å². The Bertz CT molecular complexity index is 1220. The first-order valence-electron chi connectivity index (χ1n) is 9.92. The fourth-order valence-electron chi connectivity index (χ4n) is 2.89. The van der Waals surface area contributed by atoms with Crippen molar-refractivity contribution in [2.75, 3.05) is 11.9 Å². The summed E-state index contributed by atoms with van der Waals surface area (Å²) in [6.07, 6.45) is 1.44. The van der Waals surface area contributed by atoms with Gasteiger partial charge in [0.15, 0.2) is 11.5 Å². The molecule has 3 aromatic carbocycles. The molecule has 0 heterocycles. The number of halogens is 3. The second kappa shape index (κ2) is 11.9. The number of nitriles is 1. The molecule has 0 saturated carbocycles. The summed E-state index contributed by atoms with van der Waals surface area (Å²) in [6, 6.07) is 19.8. The Kier molecular flexibility index (Phi) is 9.01.